The predicted octanol–water partition coefficient (Wildman–Crippen LogP) is 3.32. The van der Waals surface area contributed by atoms with Gasteiger partial charge in [0.2, 0.25) is 0 Å². The third kappa shape index (κ3) is 2.68. The minimum Gasteiger partial charge on any atom is -0.496 e. The zero-order valence-electron chi connectivity index (χ0n) is 12.8. The van der Waals surface area contributed by atoms with Gasteiger partial charge in [0.15, 0.2) is 0 Å². The molecule has 0 spiro atoms. The Morgan fingerprint density at radius 3 is 2.50 bits per heavy atom. The first-order valence-corrected chi connectivity index (χ1v) is 6.82. The molecule has 3 nitrogen and oxygen atoms in total. The smallest absolute Gasteiger partial charge is 0.124 e. The number of nitrogens with one attached hydrogen (secondary N) is 1. The molecule has 20 heavy (non-hydrogen) atoms. The first kappa shape index (κ1) is 14.5. The van der Waals surface area contributed by atoms with E-state index in [1.165, 1.54) is 16.7 Å². The van der Waals surface area contributed by atoms with Crippen LogP contribution in [0.4, 0.5) is 0 Å². The first-order chi connectivity index (χ1) is 9.58. The summed E-state index contributed by atoms with van der Waals surface area (Å²) in [5, 5.41) is 3.37. The fourth-order valence-corrected chi connectivity index (χ4v) is 2.70. The summed E-state index contributed by atoms with van der Waals surface area (Å²) in [6.45, 7) is 6.29. The number of nitrogens with zero attached hydrogens (tertiary/aromatic N) is 1. The fraction of sp³-hybridized carbons (Fsp3) is 0.353. The van der Waals surface area contributed by atoms with Gasteiger partial charge in [-0.3, -0.25) is 4.98 Å². The molecule has 0 saturated carbocycles. The van der Waals surface area contributed by atoms with Crippen LogP contribution >= 0.6 is 0 Å². The number of ether oxygens (including phenoxy) is 1. The topological polar surface area (TPSA) is 34.2 Å². The molecule has 1 atom stereocenters. The van der Waals surface area contributed by atoms with Gasteiger partial charge in [0.05, 0.1) is 18.8 Å². The molecule has 0 aliphatic heterocycles. The van der Waals surface area contributed by atoms with Crippen molar-refractivity contribution < 1.29 is 4.74 Å². The summed E-state index contributed by atoms with van der Waals surface area (Å²) >= 11 is 0. The van der Waals surface area contributed by atoms with Crippen LogP contribution in [0.2, 0.25) is 0 Å². The molecule has 0 aliphatic carbocycles. The van der Waals surface area contributed by atoms with E-state index >= 15 is 0 Å². The summed E-state index contributed by atoms with van der Waals surface area (Å²) < 4.78 is 5.58. The summed E-state index contributed by atoms with van der Waals surface area (Å²) in [5.74, 6) is 0.909. The lowest BCUT2D eigenvalue weighted by Gasteiger charge is -2.23. The molecule has 2 aromatic rings. The minimum absolute atomic E-state index is 0.0340. The van der Waals surface area contributed by atoms with Gasteiger partial charge < -0.3 is 10.1 Å². The highest BCUT2D eigenvalue weighted by molar-refractivity contribution is 5.48. The molecule has 0 saturated heterocycles. The molecule has 106 valence electrons. The van der Waals surface area contributed by atoms with Gasteiger partial charge in [0, 0.05) is 11.8 Å². The maximum atomic E-state index is 5.58. The van der Waals surface area contributed by atoms with Crippen LogP contribution in [-0.2, 0) is 0 Å². The number of methoxy groups -OCH3 is 1. The molecule has 0 aliphatic rings. The Balaban J connectivity index is 2.61. The summed E-state index contributed by atoms with van der Waals surface area (Å²) in [5.41, 5.74) is 5.79. The van der Waals surface area contributed by atoms with Crippen LogP contribution in [0.1, 0.15) is 34.0 Å². The quantitative estimate of drug-likeness (QED) is 0.925. The van der Waals surface area contributed by atoms with Crippen molar-refractivity contribution >= 4 is 0 Å². The molecule has 0 amide bonds. The van der Waals surface area contributed by atoms with Crippen molar-refractivity contribution in [2.24, 2.45) is 0 Å². The number of aryl methyl sites for hydroxylation is 3. The van der Waals surface area contributed by atoms with Crippen LogP contribution < -0.4 is 10.1 Å². The highest BCUT2D eigenvalue weighted by Crippen LogP contribution is 2.33. The number of hydrogen-bond donors (Lipinski definition) is 1. The van der Waals surface area contributed by atoms with Crippen LogP contribution in [-0.4, -0.2) is 19.1 Å². The Bertz CT molecular complexity index is 608. The van der Waals surface area contributed by atoms with E-state index in [0.717, 1.165) is 17.0 Å². The highest BCUT2D eigenvalue weighted by Gasteiger charge is 2.21. The Hall–Kier alpha value is -1.87. The molecule has 1 N–H and O–H groups in total. The maximum Gasteiger partial charge on any atom is 0.124 e. The van der Waals surface area contributed by atoms with Crippen molar-refractivity contribution in [3.8, 4) is 5.75 Å². The van der Waals surface area contributed by atoms with Crippen LogP contribution in [0, 0.1) is 20.8 Å². The van der Waals surface area contributed by atoms with Gasteiger partial charge in [-0.1, -0.05) is 12.1 Å². The van der Waals surface area contributed by atoms with Crippen LogP contribution in [0.3, 0.4) is 0 Å². The largest absolute Gasteiger partial charge is 0.496 e. The van der Waals surface area contributed by atoms with Crippen molar-refractivity contribution in [1.82, 2.24) is 10.3 Å². The lowest BCUT2D eigenvalue weighted by atomic mass is 9.94. The normalized spacial score (nSPS) is 12.2. The van der Waals surface area contributed by atoms with E-state index in [-0.39, 0.29) is 6.04 Å². The van der Waals surface area contributed by atoms with E-state index in [1.807, 2.05) is 19.3 Å². The van der Waals surface area contributed by atoms with E-state index < -0.39 is 0 Å². The van der Waals surface area contributed by atoms with Crippen molar-refractivity contribution in [1.29, 1.82) is 0 Å². The summed E-state index contributed by atoms with van der Waals surface area (Å²) in [6.07, 6.45) is 1.84. The van der Waals surface area contributed by atoms with Crippen molar-refractivity contribution in [3.05, 3.63) is 58.4 Å². The Morgan fingerprint density at radius 2 is 1.90 bits per heavy atom. The zero-order valence-corrected chi connectivity index (χ0v) is 12.8. The predicted molar refractivity (Wildman–Crippen MR) is 82.3 cm³/mol. The summed E-state index contributed by atoms with van der Waals surface area (Å²) in [6, 6.07) is 8.34. The van der Waals surface area contributed by atoms with Gasteiger partial charge in [0.25, 0.3) is 0 Å². The van der Waals surface area contributed by atoms with Gasteiger partial charge in [-0.2, -0.15) is 0 Å². The third-order valence-electron chi connectivity index (χ3n) is 3.61. The van der Waals surface area contributed by atoms with Crippen molar-refractivity contribution in [2.45, 2.75) is 26.8 Å². The Morgan fingerprint density at radius 1 is 1.15 bits per heavy atom. The highest BCUT2D eigenvalue weighted by atomic mass is 16.5. The zero-order chi connectivity index (χ0) is 14.7. The molecule has 1 aromatic carbocycles. The number of pyridine rings is 1. The molecule has 0 fully saturated rings. The van der Waals surface area contributed by atoms with Crippen molar-refractivity contribution in [3.63, 3.8) is 0 Å². The summed E-state index contributed by atoms with van der Waals surface area (Å²) in [7, 11) is 3.67. The molecular weight excluding hydrogens is 248 g/mol. The first-order valence-electron chi connectivity index (χ1n) is 6.82. The third-order valence-corrected chi connectivity index (χ3v) is 3.61. The average molecular weight is 270 g/mol. The van der Waals surface area contributed by atoms with Gasteiger partial charge in [0.1, 0.15) is 5.75 Å². The lowest BCUT2D eigenvalue weighted by molar-refractivity contribution is 0.404. The number of rotatable bonds is 4. The number of aromatic nitrogens is 1. The SMILES string of the molecule is CNC(c1ncccc1C)c1c(C)cc(C)cc1OC. The Kier molecular flexibility index (Phi) is 4.40. The molecule has 1 heterocycles. The van der Waals surface area contributed by atoms with Crippen LogP contribution in [0.25, 0.3) is 0 Å². The van der Waals surface area contributed by atoms with E-state index in [4.69, 9.17) is 4.74 Å². The molecule has 3 heteroatoms. The molecule has 1 aromatic heterocycles. The van der Waals surface area contributed by atoms with Crippen molar-refractivity contribution in [2.75, 3.05) is 14.2 Å². The second-order valence-electron chi connectivity index (χ2n) is 5.12. The van der Waals surface area contributed by atoms with E-state index in [2.05, 4.69) is 49.3 Å². The number of hydrogen-bond acceptors (Lipinski definition) is 3. The molecule has 2 rings (SSSR count). The minimum atomic E-state index is 0.0340. The Labute approximate surface area is 121 Å². The standard InChI is InChI=1S/C17H22N2O/c1-11-9-13(3)15(14(10-11)20-5)17(18-4)16-12(2)7-6-8-19-16/h6-10,17-18H,1-5H3. The monoisotopic (exact) mass is 270 g/mol. The lowest BCUT2D eigenvalue weighted by Crippen LogP contribution is -2.21. The van der Waals surface area contributed by atoms with Gasteiger partial charge >= 0.3 is 0 Å². The fourth-order valence-electron chi connectivity index (χ4n) is 2.70. The molecular formula is C17H22N2O. The van der Waals surface area contributed by atoms with Crippen LogP contribution in [0.5, 0.6) is 5.75 Å². The van der Waals surface area contributed by atoms with E-state index in [1.54, 1.807) is 7.11 Å². The van der Waals surface area contributed by atoms with E-state index in [9.17, 15) is 0 Å². The average Bonchev–Trinajstić information content (AvgIpc) is 2.43. The summed E-state index contributed by atoms with van der Waals surface area (Å²) in [4.78, 5) is 4.55. The van der Waals surface area contributed by atoms with Gasteiger partial charge in [-0.05, 0) is 56.6 Å². The van der Waals surface area contributed by atoms with Crippen LogP contribution in [0.15, 0.2) is 30.5 Å². The number of benzene rings is 1. The molecule has 0 radical (unpaired) electrons. The second kappa shape index (κ2) is 6.06. The maximum absolute atomic E-state index is 5.58. The molecule has 1 unspecified atom stereocenters. The van der Waals surface area contributed by atoms with E-state index in [0.29, 0.717) is 0 Å². The van der Waals surface area contributed by atoms with Gasteiger partial charge in [-0.15, -0.1) is 0 Å². The molecule has 0 bridgehead atoms. The second-order valence-corrected chi connectivity index (χ2v) is 5.12. The van der Waals surface area contributed by atoms with Gasteiger partial charge in [-0.25, -0.2) is 0 Å².